The summed E-state index contributed by atoms with van der Waals surface area (Å²) in [6.07, 6.45) is 2.47. The molecule has 2 aliphatic rings. The van der Waals surface area contributed by atoms with Crippen molar-refractivity contribution in [2.24, 2.45) is 11.3 Å². The molecule has 2 aromatic carbocycles. The van der Waals surface area contributed by atoms with Crippen LogP contribution in [0.2, 0.25) is 0 Å². The van der Waals surface area contributed by atoms with Gasteiger partial charge in [-0.05, 0) is 28.7 Å². The molecule has 5 heteroatoms. The second-order valence-corrected chi connectivity index (χ2v) is 8.13. The lowest BCUT2D eigenvalue weighted by atomic mass is 9.72. The summed E-state index contributed by atoms with van der Waals surface area (Å²) in [4.78, 5) is 25.1. The molecule has 1 saturated heterocycles. The van der Waals surface area contributed by atoms with Crippen molar-refractivity contribution in [1.29, 1.82) is 0 Å². The largest absolute Gasteiger partial charge is 0.489 e. The molecule has 0 spiro atoms. The standard InChI is InChI=1S/C23H24N2O3/c1-23(2)12-18-20(19(26)13-23)21(25-22(27)24-18)16-9-6-10-17(11-16)28-14-15-7-4-3-5-8-15/h3-12,20-21H,13-14H2,1-2H3,(H2,24,25,27)/t20-,21-/m0/s1. The van der Waals surface area contributed by atoms with Crippen molar-refractivity contribution < 1.29 is 14.3 Å². The molecule has 28 heavy (non-hydrogen) atoms. The topological polar surface area (TPSA) is 67.4 Å². The van der Waals surface area contributed by atoms with Crippen LogP contribution in [0.15, 0.2) is 66.4 Å². The number of urea groups is 1. The fourth-order valence-electron chi connectivity index (χ4n) is 3.98. The van der Waals surface area contributed by atoms with Crippen LogP contribution in [0.1, 0.15) is 37.4 Å². The van der Waals surface area contributed by atoms with Gasteiger partial charge in [-0.25, -0.2) is 4.79 Å². The van der Waals surface area contributed by atoms with Crippen LogP contribution < -0.4 is 15.4 Å². The summed E-state index contributed by atoms with van der Waals surface area (Å²) in [5.41, 5.74) is 2.39. The number of allylic oxidation sites excluding steroid dienone is 1. The number of ether oxygens (including phenoxy) is 1. The van der Waals surface area contributed by atoms with E-state index >= 15 is 0 Å². The minimum absolute atomic E-state index is 0.135. The van der Waals surface area contributed by atoms with E-state index in [0.29, 0.717) is 24.5 Å². The maximum atomic E-state index is 12.9. The Kier molecular flexibility index (Phi) is 4.67. The molecule has 2 N–H and O–H groups in total. The Morgan fingerprint density at radius 3 is 2.64 bits per heavy atom. The molecular formula is C23H24N2O3. The highest BCUT2D eigenvalue weighted by Gasteiger charge is 2.43. The normalized spacial score (nSPS) is 23.1. The first-order chi connectivity index (χ1) is 13.4. The highest BCUT2D eigenvalue weighted by atomic mass is 16.5. The van der Waals surface area contributed by atoms with Gasteiger partial charge in [0, 0.05) is 12.1 Å². The molecule has 0 radical (unpaired) electrons. The number of benzene rings is 2. The lowest BCUT2D eigenvalue weighted by Gasteiger charge is -2.40. The Labute approximate surface area is 164 Å². The van der Waals surface area contributed by atoms with E-state index in [1.807, 2.05) is 74.5 Å². The van der Waals surface area contributed by atoms with Crippen LogP contribution in [0.25, 0.3) is 0 Å². The molecule has 0 saturated carbocycles. The van der Waals surface area contributed by atoms with Crippen molar-refractivity contribution in [3.05, 3.63) is 77.5 Å². The van der Waals surface area contributed by atoms with E-state index in [2.05, 4.69) is 10.6 Å². The van der Waals surface area contributed by atoms with Gasteiger partial charge in [-0.1, -0.05) is 62.4 Å². The zero-order valence-corrected chi connectivity index (χ0v) is 16.1. The summed E-state index contributed by atoms with van der Waals surface area (Å²) in [6.45, 7) is 4.48. The van der Waals surface area contributed by atoms with Crippen LogP contribution in [-0.2, 0) is 11.4 Å². The van der Waals surface area contributed by atoms with Crippen LogP contribution >= 0.6 is 0 Å². The van der Waals surface area contributed by atoms with Crippen molar-refractivity contribution in [3.63, 3.8) is 0 Å². The van der Waals surface area contributed by atoms with Gasteiger partial charge < -0.3 is 15.4 Å². The third-order valence-corrected chi connectivity index (χ3v) is 5.20. The molecule has 1 aliphatic heterocycles. The fourth-order valence-corrected chi connectivity index (χ4v) is 3.98. The van der Waals surface area contributed by atoms with Gasteiger partial charge in [-0.2, -0.15) is 0 Å². The predicted molar refractivity (Wildman–Crippen MR) is 107 cm³/mol. The van der Waals surface area contributed by atoms with Gasteiger partial charge >= 0.3 is 6.03 Å². The first kappa shape index (κ1) is 18.3. The minimum atomic E-state index is -0.399. The van der Waals surface area contributed by atoms with Crippen LogP contribution in [0, 0.1) is 11.3 Å². The molecule has 0 aromatic heterocycles. The summed E-state index contributed by atoms with van der Waals surface area (Å²) in [6, 6.07) is 16.9. The molecular weight excluding hydrogens is 352 g/mol. The van der Waals surface area contributed by atoms with Gasteiger partial charge in [0.15, 0.2) is 0 Å². The molecule has 0 bridgehead atoms. The average Bonchev–Trinajstić information content (AvgIpc) is 2.65. The molecule has 5 nitrogen and oxygen atoms in total. The molecule has 2 amide bonds. The van der Waals surface area contributed by atoms with Gasteiger partial charge in [0.05, 0.1) is 12.0 Å². The second-order valence-electron chi connectivity index (χ2n) is 8.13. The number of hydrogen-bond acceptors (Lipinski definition) is 3. The highest BCUT2D eigenvalue weighted by Crippen LogP contribution is 2.41. The molecule has 2 atom stereocenters. The summed E-state index contributed by atoms with van der Waals surface area (Å²) in [5.74, 6) is 0.453. The van der Waals surface area contributed by atoms with Crippen molar-refractivity contribution in [2.45, 2.75) is 32.9 Å². The van der Waals surface area contributed by atoms with E-state index in [4.69, 9.17) is 4.74 Å². The average molecular weight is 376 g/mol. The Hall–Kier alpha value is -3.08. The Balaban J connectivity index is 1.59. The first-order valence-electron chi connectivity index (χ1n) is 9.51. The monoisotopic (exact) mass is 376 g/mol. The van der Waals surface area contributed by atoms with Crippen molar-refractivity contribution >= 4 is 11.8 Å². The predicted octanol–water partition coefficient (Wildman–Crippen LogP) is 4.12. The molecule has 2 aromatic rings. The summed E-state index contributed by atoms with van der Waals surface area (Å²) in [7, 11) is 0. The first-order valence-corrected chi connectivity index (χ1v) is 9.51. The van der Waals surface area contributed by atoms with E-state index < -0.39 is 12.0 Å². The fraction of sp³-hybridized carbons (Fsp3) is 0.304. The molecule has 1 fully saturated rings. The number of amides is 2. The number of carbonyl (C=O) groups is 2. The van der Waals surface area contributed by atoms with Gasteiger partial charge in [0.2, 0.25) is 0 Å². The summed E-state index contributed by atoms with van der Waals surface area (Å²) >= 11 is 0. The van der Waals surface area contributed by atoms with E-state index in [-0.39, 0.29) is 17.2 Å². The van der Waals surface area contributed by atoms with Crippen LogP contribution in [0.4, 0.5) is 4.79 Å². The number of hydrogen-bond donors (Lipinski definition) is 2. The quantitative estimate of drug-likeness (QED) is 0.843. The number of nitrogens with one attached hydrogen (secondary N) is 2. The van der Waals surface area contributed by atoms with Crippen LogP contribution in [-0.4, -0.2) is 11.8 Å². The lowest BCUT2D eigenvalue weighted by molar-refractivity contribution is -0.125. The molecule has 144 valence electrons. The number of Topliss-reactive ketones (excluding diaryl/α,β-unsaturated/α-hetero) is 1. The van der Waals surface area contributed by atoms with Crippen LogP contribution in [0.3, 0.4) is 0 Å². The summed E-state index contributed by atoms with van der Waals surface area (Å²) in [5, 5.41) is 5.75. The molecule has 4 rings (SSSR count). The number of rotatable bonds is 4. The third kappa shape index (κ3) is 3.79. The SMILES string of the molecule is CC1(C)C=C2NC(=O)N[C@@H](c3cccc(OCc4ccccc4)c3)[C@@H]2C(=O)C1. The third-order valence-electron chi connectivity index (χ3n) is 5.20. The smallest absolute Gasteiger partial charge is 0.319 e. The minimum Gasteiger partial charge on any atom is -0.489 e. The van der Waals surface area contributed by atoms with Gasteiger partial charge in [0.1, 0.15) is 18.1 Å². The number of ketones is 1. The van der Waals surface area contributed by atoms with E-state index in [1.54, 1.807) is 0 Å². The van der Waals surface area contributed by atoms with Crippen molar-refractivity contribution in [2.75, 3.05) is 0 Å². The molecule has 1 heterocycles. The molecule has 0 unspecified atom stereocenters. The number of carbonyl (C=O) groups excluding carboxylic acids is 2. The van der Waals surface area contributed by atoms with Crippen molar-refractivity contribution in [1.82, 2.24) is 10.6 Å². The Bertz CT molecular complexity index is 934. The zero-order valence-electron chi connectivity index (χ0n) is 16.1. The summed E-state index contributed by atoms with van der Waals surface area (Å²) < 4.78 is 5.92. The van der Waals surface area contributed by atoms with Gasteiger partial charge in [-0.3, -0.25) is 4.79 Å². The zero-order chi connectivity index (χ0) is 19.7. The van der Waals surface area contributed by atoms with Gasteiger partial charge in [-0.15, -0.1) is 0 Å². The lowest BCUT2D eigenvalue weighted by Crippen LogP contribution is -2.53. The van der Waals surface area contributed by atoms with Crippen molar-refractivity contribution in [3.8, 4) is 5.75 Å². The van der Waals surface area contributed by atoms with E-state index in [0.717, 1.165) is 11.1 Å². The van der Waals surface area contributed by atoms with Gasteiger partial charge in [0.25, 0.3) is 0 Å². The second kappa shape index (κ2) is 7.15. The Morgan fingerprint density at radius 2 is 1.86 bits per heavy atom. The maximum absolute atomic E-state index is 12.9. The highest BCUT2D eigenvalue weighted by molar-refractivity contribution is 5.91. The van der Waals surface area contributed by atoms with Crippen LogP contribution in [0.5, 0.6) is 5.75 Å². The maximum Gasteiger partial charge on any atom is 0.319 e. The van der Waals surface area contributed by atoms with E-state index in [1.165, 1.54) is 0 Å². The van der Waals surface area contributed by atoms with E-state index in [9.17, 15) is 9.59 Å². The Morgan fingerprint density at radius 1 is 1.07 bits per heavy atom. The molecule has 1 aliphatic carbocycles. The number of fused-ring (bicyclic) bond motifs is 1.